The summed E-state index contributed by atoms with van der Waals surface area (Å²) in [5.74, 6) is 1.86. The van der Waals surface area contributed by atoms with Gasteiger partial charge in [0.25, 0.3) is 0 Å². The molecule has 0 radical (unpaired) electrons. The Hall–Kier alpha value is -1.79. The van der Waals surface area contributed by atoms with Crippen molar-refractivity contribution in [2.24, 2.45) is 5.92 Å². The summed E-state index contributed by atoms with van der Waals surface area (Å²) in [6.45, 7) is 2.67. The van der Waals surface area contributed by atoms with Crippen LogP contribution in [0.2, 0.25) is 0 Å². The highest BCUT2D eigenvalue weighted by molar-refractivity contribution is 7.99. The number of carbonyl (C=O) groups is 2. The summed E-state index contributed by atoms with van der Waals surface area (Å²) in [6, 6.07) is 14.4. The Kier molecular flexibility index (Phi) is 5.83. The molecule has 2 unspecified atom stereocenters. The van der Waals surface area contributed by atoms with E-state index in [2.05, 4.69) is 29.6 Å². The third-order valence-electron chi connectivity index (χ3n) is 5.29. The van der Waals surface area contributed by atoms with E-state index in [0.29, 0.717) is 38.5 Å². The molecule has 1 aliphatic carbocycles. The van der Waals surface area contributed by atoms with Gasteiger partial charge in [-0.25, -0.2) is 0 Å². The zero-order valence-electron chi connectivity index (χ0n) is 15.3. The van der Waals surface area contributed by atoms with Crippen molar-refractivity contribution in [3.05, 3.63) is 52.7 Å². The Balaban J connectivity index is 1.18. The van der Waals surface area contributed by atoms with Crippen LogP contribution in [-0.2, 0) is 9.59 Å². The molecule has 2 heterocycles. The van der Waals surface area contributed by atoms with E-state index < -0.39 is 0 Å². The van der Waals surface area contributed by atoms with E-state index in [1.165, 1.54) is 9.77 Å². The fraction of sp³-hybridized carbons (Fsp3) is 0.429. The van der Waals surface area contributed by atoms with Gasteiger partial charge >= 0.3 is 0 Å². The van der Waals surface area contributed by atoms with E-state index in [4.69, 9.17) is 0 Å². The number of piperazine rings is 1. The first kappa shape index (κ1) is 18.6. The first-order valence-electron chi connectivity index (χ1n) is 9.50. The van der Waals surface area contributed by atoms with Gasteiger partial charge in [0.05, 0.1) is 0 Å². The van der Waals surface area contributed by atoms with Gasteiger partial charge in [0.2, 0.25) is 11.8 Å². The van der Waals surface area contributed by atoms with Gasteiger partial charge in [0, 0.05) is 60.0 Å². The molecule has 2 fully saturated rings. The van der Waals surface area contributed by atoms with Crippen molar-refractivity contribution in [3.63, 3.8) is 0 Å². The molecule has 1 aliphatic heterocycles. The van der Waals surface area contributed by atoms with Gasteiger partial charge < -0.3 is 9.80 Å². The normalized spacial score (nSPS) is 21.9. The van der Waals surface area contributed by atoms with Crippen LogP contribution in [0.3, 0.4) is 0 Å². The van der Waals surface area contributed by atoms with Crippen molar-refractivity contribution in [2.75, 3.05) is 31.9 Å². The number of benzene rings is 1. The second kappa shape index (κ2) is 8.48. The first-order valence-corrected chi connectivity index (χ1v) is 11.4. The number of hydrogen-bond acceptors (Lipinski definition) is 4. The summed E-state index contributed by atoms with van der Waals surface area (Å²) in [5.41, 5.74) is 0. The van der Waals surface area contributed by atoms with Crippen molar-refractivity contribution < 1.29 is 9.59 Å². The summed E-state index contributed by atoms with van der Waals surface area (Å²) in [6.07, 6.45) is 1.53. The van der Waals surface area contributed by atoms with Gasteiger partial charge in [-0.05, 0) is 30.0 Å². The van der Waals surface area contributed by atoms with Gasteiger partial charge in [0.15, 0.2) is 0 Å². The van der Waals surface area contributed by atoms with E-state index in [0.717, 1.165) is 12.2 Å². The number of thioether (sulfide) groups is 1. The van der Waals surface area contributed by atoms with Crippen LogP contribution >= 0.6 is 23.1 Å². The van der Waals surface area contributed by atoms with Crippen LogP contribution in [-0.4, -0.2) is 53.5 Å². The van der Waals surface area contributed by atoms with Crippen molar-refractivity contribution >= 4 is 34.9 Å². The summed E-state index contributed by atoms with van der Waals surface area (Å²) < 4.78 is 0. The van der Waals surface area contributed by atoms with Crippen LogP contribution in [0.25, 0.3) is 0 Å². The number of carbonyl (C=O) groups excluding carboxylic acids is 2. The van der Waals surface area contributed by atoms with Crippen molar-refractivity contribution in [3.8, 4) is 0 Å². The minimum absolute atomic E-state index is 0.160. The number of hydrogen-bond donors (Lipinski definition) is 0. The number of thiophene rings is 1. The summed E-state index contributed by atoms with van der Waals surface area (Å²) in [5, 5.41) is 2.08. The molecule has 2 aromatic rings. The lowest BCUT2D eigenvalue weighted by Gasteiger charge is -2.35. The summed E-state index contributed by atoms with van der Waals surface area (Å²) in [7, 11) is 0. The number of amides is 2. The minimum Gasteiger partial charge on any atom is -0.339 e. The molecule has 2 amide bonds. The van der Waals surface area contributed by atoms with E-state index in [-0.39, 0.29) is 17.7 Å². The van der Waals surface area contributed by atoms with Crippen molar-refractivity contribution in [2.45, 2.75) is 23.7 Å². The lowest BCUT2D eigenvalue weighted by Crippen LogP contribution is -2.51. The topological polar surface area (TPSA) is 40.6 Å². The lowest BCUT2D eigenvalue weighted by molar-refractivity contribution is -0.140. The smallest absolute Gasteiger partial charge is 0.226 e. The molecule has 0 bridgehead atoms. The number of rotatable bonds is 6. The number of nitrogens with zero attached hydrogens (tertiary/aromatic N) is 2. The second-order valence-electron chi connectivity index (χ2n) is 7.08. The van der Waals surface area contributed by atoms with Gasteiger partial charge in [0.1, 0.15) is 0 Å². The molecule has 1 aromatic carbocycles. The molecule has 1 saturated heterocycles. The predicted octanol–water partition coefficient (Wildman–Crippen LogP) is 3.70. The molecule has 4 nitrogen and oxygen atoms in total. The van der Waals surface area contributed by atoms with E-state index >= 15 is 0 Å². The minimum atomic E-state index is 0.160. The van der Waals surface area contributed by atoms with Gasteiger partial charge in [-0.15, -0.1) is 23.1 Å². The zero-order chi connectivity index (χ0) is 18.6. The molecular weight excluding hydrogens is 376 g/mol. The van der Waals surface area contributed by atoms with Crippen LogP contribution < -0.4 is 0 Å². The summed E-state index contributed by atoms with van der Waals surface area (Å²) >= 11 is 3.46. The van der Waals surface area contributed by atoms with E-state index in [1.807, 2.05) is 28.0 Å². The molecule has 6 heteroatoms. The molecule has 0 spiro atoms. The third-order valence-corrected chi connectivity index (χ3v) is 7.31. The Bertz CT molecular complexity index is 771. The molecule has 2 aliphatic rings. The predicted molar refractivity (Wildman–Crippen MR) is 110 cm³/mol. The maximum atomic E-state index is 12.7. The quantitative estimate of drug-likeness (QED) is 0.694. The molecule has 0 N–H and O–H groups in total. The Morgan fingerprint density at radius 2 is 1.74 bits per heavy atom. The zero-order valence-corrected chi connectivity index (χ0v) is 16.9. The Labute approximate surface area is 168 Å². The standard InChI is InChI=1S/C21H24N2O2S2/c24-20(8-14-26-16-5-2-1-3-6-16)22-9-11-23(12-10-22)21(25)18-15-17(18)19-7-4-13-27-19/h1-7,13,17-18H,8-12,14-15H2. The molecule has 4 rings (SSSR count). The fourth-order valence-electron chi connectivity index (χ4n) is 3.63. The lowest BCUT2D eigenvalue weighted by atomic mass is 10.2. The Morgan fingerprint density at radius 1 is 1.00 bits per heavy atom. The SMILES string of the molecule is O=C(CCSc1ccccc1)N1CCN(C(=O)C2CC2c2cccs2)CC1. The molecule has 27 heavy (non-hydrogen) atoms. The van der Waals surface area contributed by atoms with Crippen LogP contribution in [0.1, 0.15) is 23.6 Å². The van der Waals surface area contributed by atoms with Crippen LogP contribution in [0.4, 0.5) is 0 Å². The highest BCUT2D eigenvalue weighted by Crippen LogP contribution is 2.50. The molecular formula is C21H24N2O2S2. The molecule has 1 aromatic heterocycles. The summed E-state index contributed by atoms with van der Waals surface area (Å²) in [4.78, 5) is 31.5. The van der Waals surface area contributed by atoms with Gasteiger partial charge in [-0.1, -0.05) is 24.3 Å². The fourth-order valence-corrected chi connectivity index (χ4v) is 5.40. The third kappa shape index (κ3) is 4.55. The molecule has 2 atom stereocenters. The van der Waals surface area contributed by atoms with Crippen LogP contribution in [0.5, 0.6) is 0 Å². The molecule has 142 valence electrons. The first-order chi connectivity index (χ1) is 13.2. The maximum absolute atomic E-state index is 12.7. The monoisotopic (exact) mass is 400 g/mol. The maximum Gasteiger partial charge on any atom is 0.226 e. The average Bonchev–Trinajstić information content (AvgIpc) is 3.32. The van der Waals surface area contributed by atoms with Crippen LogP contribution in [0, 0.1) is 5.92 Å². The average molecular weight is 401 g/mol. The van der Waals surface area contributed by atoms with Crippen LogP contribution in [0.15, 0.2) is 52.7 Å². The largest absolute Gasteiger partial charge is 0.339 e. The van der Waals surface area contributed by atoms with Gasteiger partial charge in [-0.3, -0.25) is 9.59 Å². The highest BCUT2D eigenvalue weighted by Gasteiger charge is 2.46. The second-order valence-corrected chi connectivity index (χ2v) is 9.23. The Morgan fingerprint density at radius 3 is 2.44 bits per heavy atom. The highest BCUT2D eigenvalue weighted by atomic mass is 32.2. The molecule has 1 saturated carbocycles. The van der Waals surface area contributed by atoms with Crippen molar-refractivity contribution in [1.82, 2.24) is 9.80 Å². The van der Waals surface area contributed by atoms with Crippen molar-refractivity contribution in [1.29, 1.82) is 0 Å². The van der Waals surface area contributed by atoms with E-state index in [1.54, 1.807) is 23.1 Å². The van der Waals surface area contributed by atoms with E-state index in [9.17, 15) is 9.59 Å². The van der Waals surface area contributed by atoms with Gasteiger partial charge in [-0.2, -0.15) is 0 Å².